The van der Waals surface area contributed by atoms with Crippen molar-refractivity contribution in [3.63, 3.8) is 0 Å². The van der Waals surface area contributed by atoms with E-state index in [4.69, 9.17) is 15.2 Å². The number of aliphatic hydroxyl groups is 2. The first kappa shape index (κ1) is 26.6. The van der Waals surface area contributed by atoms with Gasteiger partial charge in [-0.15, -0.1) is 0 Å². The lowest BCUT2D eigenvalue weighted by Gasteiger charge is -2.26. The van der Waals surface area contributed by atoms with E-state index in [1.54, 1.807) is 6.92 Å². The third-order valence-electron chi connectivity index (χ3n) is 6.73. The first-order valence-corrected chi connectivity index (χ1v) is 12.3. The van der Waals surface area contributed by atoms with E-state index in [-0.39, 0.29) is 17.3 Å². The summed E-state index contributed by atoms with van der Waals surface area (Å²) >= 11 is 0. The molecule has 1 amide bonds. The Balaban J connectivity index is 1.42. The van der Waals surface area contributed by atoms with Crippen molar-refractivity contribution >= 4 is 29.0 Å². The molecule has 13 heteroatoms. The summed E-state index contributed by atoms with van der Waals surface area (Å²) in [7, 11) is 1.29. The molecule has 1 aliphatic carbocycles. The first-order chi connectivity index (χ1) is 17.8. The van der Waals surface area contributed by atoms with Crippen LogP contribution in [0.4, 0.5) is 10.6 Å². The number of hydrogen-bond donors (Lipinski definition) is 4. The number of carbonyl (C=O) groups is 2. The molecule has 1 saturated heterocycles. The normalized spacial score (nSPS) is 27.4. The number of nitrogens with one attached hydrogen (secondary N) is 1. The van der Waals surface area contributed by atoms with Crippen molar-refractivity contribution in [3.05, 3.63) is 12.2 Å². The number of aromatic nitrogens is 4. The van der Waals surface area contributed by atoms with Crippen molar-refractivity contribution in [3.8, 4) is 11.8 Å². The zero-order valence-electron chi connectivity index (χ0n) is 20.8. The predicted octanol–water partition coefficient (Wildman–Crippen LogP) is 0.495. The summed E-state index contributed by atoms with van der Waals surface area (Å²) in [6.07, 6.45) is 0.0896. The minimum Gasteiger partial charge on any atom is -0.438 e. The predicted molar refractivity (Wildman–Crippen MR) is 130 cm³/mol. The van der Waals surface area contributed by atoms with Crippen molar-refractivity contribution in [1.29, 1.82) is 0 Å². The van der Waals surface area contributed by atoms with Gasteiger partial charge in [0.25, 0.3) is 5.91 Å². The van der Waals surface area contributed by atoms with Gasteiger partial charge in [-0.05, 0) is 50.4 Å². The molecule has 2 unspecified atom stereocenters. The van der Waals surface area contributed by atoms with E-state index in [0.717, 1.165) is 25.7 Å². The van der Waals surface area contributed by atoms with Crippen LogP contribution in [0.15, 0.2) is 6.33 Å². The average molecular weight is 517 g/mol. The first-order valence-electron chi connectivity index (χ1n) is 12.3. The summed E-state index contributed by atoms with van der Waals surface area (Å²) in [5, 5.41) is 23.5. The molecule has 2 aliphatic rings. The Kier molecular flexibility index (Phi) is 8.42. The number of rotatable bonds is 6. The summed E-state index contributed by atoms with van der Waals surface area (Å²) in [6.45, 7) is 2.47. The molecule has 0 aromatic carbocycles. The van der Waals surface area contributed by atoms with Gasteiger partial charge in [0.2, 0.25) is 5.82 Å². The zero-order chi connectivity index (χ0) is 26.5. The number of likely N-dealkylation sites (N-methyl/N-ethyl adjacent to an activating group) is 1. The van der Waals surface area contributed by atoms with E-state index in [0.29, 0.717) is 36.9 Å². The Morgan fingerprint density at radius 3 is 2.65 bits per heavy atom. The molecule has 1 saturated carbocycles. The van der Waals surface area contributed by atoms with E-state index in [2.05, 4.69) is 36.8 Å². The summed E-state index contributed by atoms with van der Waals surface area (Å²) < 4.78 is 16.7. The highest BCUT2D eigenvalue weighted by Crippen LogP contribution is 2.33. The minimum absolute atomic E-state index is 0.118. The van der Waals surface area contributed by atoms with Gasteiger partial charge in [-0.25, -0.2) is 19.7 Å². The van der Waals surface area contributed by atoms with Gasteiger partial charge in [0, 0.05) is 13.0 Å². The molecule has 4 atom stereocenters. The van der Waals surface area contributed by atoms with Crippen molar-refractivity contribution in [2.75, 3.05) is 26.0 Å². The fraction of sp³-hybridized carbons (Fsp3) is 0.625. The largest absolute Gasteiger partial charge is 0.507 e. The molecule has 3 heterocycles. The highest BCUT2D eigenvalue weighted by atomic mass is 16.7. The second kappa shape index (κ2) is 11.7. The molecular weight excluding hydrogens is 484 g/mol. The van der Waals surface area contributed by atoms with E-state index in [1.807, 2.05) is 0 Å². The molecule has 13 nitrogen and oxygen atoms in total. The minimum atomic E-state index is -1.42. The fourth-order valence-corrected chi connectivity index (χ4v) is 4.68. The van der Waals surface area contributed by atoms with Gasteiger partial charge in [-0.2, -0.15) is 0 Å². The highest BCUT2D eigenvalue weighted by Gasteiger charge is 2.47. The molecule has 2 aromatic heterocycles. The second-order valence-electron chi connectivity index (χ2n) is 9.24. The highest BCUT2D eigenvalue weighted by molar-refractivity contribution is 5.83. The van der Waals surface area contributed by atoms with E-state index in [1.165, 1.54) is 18.0 Å². The summed E-state index contributed by atoms with van der Waals surface area (Å²) in [5.74, 6) is 6.63. The number of imidazole rings is 1. The van der Waals surface area contributed by atoms with Gasteiger partial charge in [-0.1, -0.05) is 5.92 Å². The summed E-state index contributed by atoms with van der Waals surface area (Å²) in [4.78, 5) is 36.2. The Labute approximate surface area is 213 Å². The lowest BCUT2D eigenvalue weighted by Crippen LogP contribution is -2.42. The molecule has 2 fully saturated rings. The molecule has 37 heavy (non-hydrogen) atoms. The Hall–Kier alpha value is -3.47. The van der Waals surface area contributed by atoms with E-state index in [9.17, 15) is 19.8 Å². The third-order valence-corrected chi connectivity index (χ3v) is 6.73. The molecule has 0 radical (unpaired) electrons. The number of nitrogen functional groups attached to an aromatic ring is 1. The van der Waals surface area contributed by atoms with Crippen LogP contribution in [-0.2, 0) is 19.0 Å². The monoisotopic (exact) mass is 516 g/mol. The quantitative estimate of drug-likeness (QED) is 0.309. The number of hydrogen-bond acceptors (Lipinski definition) is 11. The topological polar surface area (TPSA) is 184 Å². The number of amides is 1. The molecule has 0 spiro atoms. The number of carbonyl (C=O) groups excluding carboxylic acids is 2. The fourth-order valence-electron chi connectivity index (χ4n) is 4.68. The summed E-state index contributed by atoms with van der Waals surface area (Å²) in [6, 6.07) is 0. The maximum atomic E-state index is 12.2. The molecular formula is C24H32N6O7. The van der Waals surface area contributed by atoms with Crippen molar-refractivity contribution in [2.45, 2.75) is 63.6 Å². The number of ether oxygens (including phenoxy) is 3. The Bertz CT molecular complexity index is 1180. The maximum Gasteiger partial charge on any atom is 0.507 e. The van der Waals surface area contributed by atoms with Crippen LogP contribution in [0.25, 0.3) is 11.2 Å². The van der Waals surface area contributed by atoms with E-state index >= 15 is 0 Å². The summed E-state index contributed by atoms with van der Waals surface area (Å²) in [5.41, 5.74) is 6.65. The van der Waals surface area contributed by atoms with E-state index < -0.39 is 36.6 Å². The van der Waals surface area contributed by atoms with Crippen LogP contribution < -0.4 is 11.1 Å². The van der Waals surface area contributed by atoms with Crippen molar-refractivity contribution < 1.29 is 34.0 Å². The van der Waals surface area contributed by atoms with Crippen molar-refractivity contribution in [1.82, 2.24) is 24.8 Å². The van der Waals surface area contributed by atoms with Gasteiger partial charge in [0.15, 0.2) is 23.8 Å². The lowest BCUT2D eigenvalue weighted by molar-refractivity contribution is -0.137. The molecule has 1 aliphatic heterocycles. The molecule has 4 rings (SSSR count). The van der Waals surface area contributed by atoms with Crippen molar-refractivity contribution in [2.24, 2.45) is 11.8 Å². The number of nitrogens with two attached hydrogens (primary N) is 1. The van der Waals surface area contributed by atoms with Crippen LogP contribution >= 0.6 is 0 Å². The molecule has 5 N–H and O–H groups in total. The van der Waals surface area contributed by atoms with Gasteiger partial charge < -0.3 is 35.5 Å². The zero-order valence-corrected chi connectivity index (χ0v) is 20.8. The Morgan fingerprint density at radius 1 is 1.22 bits per heavy atom. The van der Waals surface area contributed by atoms with Crippen LogP contribution in [0.1, 0.15) is 51.1 Å². The third kappa shape index (κ3) is 5.93. The van der Waals surface area contributed by atoms with Gasteiger partial charge >= 0.3 is 6.16 Å². The van der Waals surface area contributed by atoms with Crippen LogP contribution in [0.5, 0.6) is 0 Å². The average Bonchev–Trinajstić information content (AvgIpc) is 3.44. The standard InChI is InChI=1S/C24H32N6O7/c1-3-26-22(33)19-17(31)18(32)23(37-19)30-12-27-16-20(25)28-15(29-21(16)30)6-4-5-13-7-9-14(10-8-13)11-36-24(34)35-2/h12-14,17-19,23,31-32H,3,5,7-11H2,1-2H3,(H,26,33)(H2,25,28,29)/t13-,14-,17?,18?,19-,23+/m0/s1. The molecule has 200 valence electrons. The van der Waals surface area contributed by atoms with Crippen LogP contribution in [0.3, 0.4) is 0 Å². The second-order valence-corrected chi connectivity index (χ2v) is 9.24. The molecule has 2 aromatic rings. The van der Waals surface area contributed by atoms with Crippen LogP contribution in [-0.4, -0.2) is 80.4 Å². The Morgan fingerprint density at radius 2 is 1.95 bits per heavy atom. The SMILES string of the molecule is CCNC(=O)[C@H]1O[C@@H](n2cnc3c(N)nc(C#CC[C@H]4CC[C@H](COC(=O)OC)CC4)nc32)C(O)C1O. The van der Waals surface area contributed by atoms with Gasteiger partial charge in [0.05, 0.1) is 20.0 Å². The smallest absolute Gasteiger partial charge is 0.438 e. The van der Waals surface area contributed by atoms with Crippen LogP contribution in [0.2, 0.25) is 0 Å². The number of fused-ring (bicyclic) bond motifs is 1. The molecule has 0 bridgehead atoms. The number of anilines is 1. The van der Waals surface area contributed by atoms with Gasteiger partial charge in [-0.3, -0.25) is 9.36 Å². The number of methoxy groups -OCH3 is 1. The van der Waals surface area contributed by atoms with Gasteiger partial charge in [0.1, 0.15) is 17.7 Å². The lowest BCUT2D eigenvalue weighted by atomic mass is 9.81. The number of nitrogens with zero attached hydrogens (tertiary/aromatic N) is 4. The number of aliphatic hydroxyl groups excluding tert-OH is 2. The maximum absolute atomic E-state index is 12.2. The van der Waals surface area contributed by atoms with Crippen LogP contribution in [0, 0.1) is 23.7 Å².